The first-order chi connectivity index (χ1) is 13.2. The van der Waals surface area contributed by atoms with Gasteiger partial charge in [0.25, 0.3) is 0 Å². The third-order valence-corrected chi connectivity index (χ3v) is 6.43. The van der Waals surface area contributed by atoms with Crippen molar-refractivity contribution in [2.45, 2.75) is 45.4 Å². The zero-order valence-electron chi connectivity index (χ0n) is 15.7. The van der Waals surface area contributed by atoms with Crippen molar-refractivity contribution in [1.29, 1.82) is 0 Å². The highest BCUT2D eigenvalue weighted by Gasteiger charge is 2.18. The van der Waals surface area contributed by atoms with E-state index in [0.29, 0.717) is 0 Å². The summed E-state index contributed by atoms with van der Waals surface area (Å²) in [5.41, 5.74) is 2.63. The first kappa shape index (κ1) is 18.3. The number of nitrogens with one attached hydrogen (secondary N) is 1. The molecule has 2 aromatic heterocycles. The molecule has 1 saturated heterocycles. The maximum atomic E-state index is 9.72. The van der Waals surface area contributed by atoms with Gasteiger partial charge in [-0.1, -0.05) is 31.2 Å². The van der Waals surface area contributed by atoms with Crippen LogP contribution in [0.3, 0.4) is 0 Å². The van der Waals surface area contributed by atoms with Gasteiger partial charge in [0, 0.05) is 31.1 Å². The van der Waals surface area contributed by atoms with Gasteiger partial charge in [-0.2, -0.15) is 0 Å². The van der Waals surface area contributed by atoms with Crippen molar-refractivity contribution in [2.24, 2.45) is 0 Å². The monoisotopic (exact) mass is 382 g/mol. The van der Waals surface area contributed by atoms with Gasteiger partial charge in [-0.25, -0.2) is 9.97 Å². The minimum Gasteiger partial charge on any atom is -0.393 e. The van der Waals surface area contributed by atoms with Gasteiger partial charge in [0.1, 0.15) is 17.0 Å². The van der Waals surface area contributed by atoms with E-state index in [-0.39, 0.29) is 6.10 Å². The first-order valence-electron chi connectivity index (χ1n) is 9.67. The van der Waals surface area contributed by atoms with Gasteiger partial charge >= 0.3 is 0 Å². The molecule has 1 aliphatic heterocycles. The van der Waals surface area contributed by atoms with Crippen LogP contribution in [0.15, 0.2) is 36.7 Å². The average molecular weight is 383 g/mol. The van der Waals surface area contributed by atoms with Gasteiger partial charge in [0.05, 0.1) is 11.5 Å². The van der Waals surface area contributed by atoms with E-state index in [2.05, 4.69) is 57.4 Å². The van der Waals surface area contributed by atoms with Crippen LogP contribution in [0.1, 0.15) is 35.8 Å². The lowest BCUT2D eigenvalue weighted by molar-refractivity contribution is 0.0791. The summed E-state index contributed by atoms with van der Waals surface area (Å²) in [5, 5.41) is 14.4. The Hall–Kier alpha value is -2.02. The average Bonchev–Trinajstić information content (AvgIpc) is 3.13. The standard InChI is InChI=1S/C21H26N4OS/c1-2-18-11-19-20(23-14-24-21(19)27-18)22-12-15-5-3-4-6-16(15)13-25-9-7-17(26)8-10-25/h3-6,11,14,17,26H,2,7-10,12-13H2,1H3,(H,22,23,24). The molecular weight excluding hydrogens is 356 g/mol. The molecule has 5 nitrogen and oxygen atoms in total. The van der Waals surface area contributed by atoms with Gasteiger partial charge < -0.3 is 10.4 Å². The number of benzene rings is 1. The fraction of sp³-hybridized carbons (Fsp3) is 0.429. The van der Waals surface area contributed by atoms with Crippen LogP contribution in [0.2, 0.25) is 0 Å². The second kappa shape index (κ2) is 8.33. The largest absolute Gasteiger partial charge is 0.393 e. The molecule has 3 heterocycles. The number of piperidine rings is 1. The van der Waals surface area contributed by atoms with Crippen molar-refractivity contribution >= 4 is 27.4 Å². The molecule has 142 valence electrons. The van der Waals surface area contributed by atoms with Gasteiger partial charge in [-0.05, 0) is 36.5 Å². The Balaban J connectivity index is 1.48. The summed E-state index contributed by atoms with van der Waals surface area (Å²) in [6.45, 7) is 5.77. The molecule has 0 bridgehead atoms. The molecule has 3 aromatic rings. The molecule has 0 spiro atoms. The van der Waals surface area contributed by atoms with Gasteiger partial charge in [0.15, 0.2) is 0 Å². The lowest BCUT2D eigenvalue weighted by Crippen LogP contribution is -2.35. The van der Waals surface area contributed by atoms with Crippen LogP contribution in [0.25, 0.3) is 10.2 Å². The zero-order valence-corrected chi connectivity index (χ0v) is 16.5. The van der Waals surface area contributed by atoms with E-state index in [9.17, 15) is 5.11 Å². The molecule has 0 saturated carbocycles. The Kier molecular flexibility index (Phi) is 5.66. The lowest BCUT2D eigenvalue weighted by Gasteiger charge is -2.30. The Morgan fingerprint density at radius 1 is 1.19 bits per heavy atom. The molecule has 0 amide bonds. The van der Waals surface area contributed by atoms with Crippen molar-refractivity contribution in [3.05, 3.63) is 52.7 Å². The number of hydrogen-bond donors (Lipinski definition) is 2. The highest BCUT2D eigenvalue weighted by Crippen LogP contribution is 2.29. The first-order valence-corrected chi connectivity index (χ1v) is 10.5. The number of rotatable bonds is 6. The summed E-state index contributed by atoms with van der Waals surface area (Å²) in [7, 11) is 0. The number of fused-ring (bicyclic) bond motifs is 1. The van der Waals surface area contributed by atoms with E-state index in [1.807, 2.05) is 0 Å². The molecule has 4 rings (SSSR count). The number of nitrogens with zero attached hydrogens (tertiary/aromatic N) is 3. The summed E-state index contributed by atoms with van der Waals surface area (Å²) in [4.78, 5) is 13.7. The Labute approximate surface area is 164 Å². The van der Waals surface area contributed by atoms with Crippen LogP contribution >= 0.6 is 11.3 Å². The van der Waals surface area contributed by atoms with E-state index >= 15 is 0 Å². The van der Waals surface area contributed by atoms with Gasteiger partial charge in [0.2, 0.25) is 0 Å². The molecule has 27 heavy (non-hydrogen) atoms. The number of aryl methyl sites for hydroxylation is 1. The number of hydrogen-bond acceptors (Lipinski definition) is 6. The highest BCUT2D eigenvalue weighted by molar-refractivity contribution is 7.18. The topological polar surface area (TPSA) is 61.3 Å². The molecule has 0 radical (unpaired) electrons. The number of anilines is 1. The van der Waals surface area contributed by atoms with Crippen molar-refractivity contribution < 1.29 is 5.11 Å². The third kappa shape index (κ3) is 4.29. The van der Waals surface area contributed by atoms with E-state index in [1.54, 1.807) is 17.7 Å². The maximum Gasteiger partial charge on any atom is 0.138 e. The van der Waals surface area contributed by atoms with Crippen LogP contribution in [-0.4, -0.2) is 39.2 Å². The SMILES string of the molecule is CCc1cc2c(NCc3ccccc3CN3CCC(O)CC3)ncnc2s1. The molecule has 0 aliphatic carbocycles. The summed E-state index contributed by atoms with van der Waals surface area (Å²) < 4.78 is 0. The van der Waals surface area contributed by atoms with Crippen LogP contribution in [0, 0.1) is 0 Å². The number of aromatic nitrogens is 2. The second-order valence-corrected chi connectivity index (χ2v) is 8.25. The molecule has 2 N–H and O–H groups in total. The zero-order chi connectivity index (χ0) is 18.6. The Bertz CT molecular complexity index is 902. The minimum absolute atomic E-state index is 0.128. The number of aliphatic hydroxyl groups is 1. The van der Waals surface area contributed by atoms with Crippen molar-refractivity contribution in [2.75, 3.05) is 18.4 Å². The highest BCUT2D eigenvalue weighted by atomic mass is 32.1. The quantitative estimate of drug-likeness (QED) is 0.679. The summed E-state index contributed by atoms with van der Waals surface area (Å²) in [6, 6.07) is 10.8. The predicted octanol–water partition coefficient (Wildman–Crippen LogP) is 3.82. The number of aliphatic hydroxyl groups excluding tert-OH is 1. The Morgan fingerprint density at radius 3 is 2.74 bits per heavy atom. The number of thiophene rings is 1. The van der Waals surface area contributed by atoms with Crippen LogP contribution < -0.4 is 5.32 Å². The van der Waals surface area contributed by atoms with Gasteiger partial charge in [-0.15, -0.1) is 11.3 Å². The minimum atomic E-state index is -0.128. The van der Waals surface area contributed by atoms with E-state index in [0.717, 1.165) is 61.5 Å². The van der Waals surface area contributed by atoms with Gasteiger partial charge in [-0.3, -0.25) is 4.90 Å². The summed E-state index contributed by atoms with van der Waals surface area (Å²) in [5.74, 6) is 0.909. The fourth-order valence-corrected chi connectivity index (χ4v) is 4.54. The van der Waals surface area contributed by atoms with Crippen molar-refractivity contribution in [3.63, 3.8) is 0 Å². The summed E-state index contributed by atoms with van der Waals surface area (Å²) >= 11 is 1.74. The molecule has 1 fully saturated rings. The molecule has 0 atom stereocenters. The second-order valence-electron chi connectivity index (χ2n) is 7.14. The smallest absolute Gasteiger partial charge is 0.138 e. The molecule has 1 aliphatic rings. The van der Waals surface area contributed by atoms with Crippen LogP contribution in [-0.2, 0) is 19.5 Å². The van der Waals surface area contributed by atoms with E-state index in [1.165, 1.54) is 16.0 Å². The van der Waals surface area contributed by atoms with Crippen molar-refractivity contribution in [3.8, 4) is 0 Å². The fourth-order valence-electron chi connectivity index (χ4n) is 3.60. The van der Waals surface area contributed by atoms with Crippen molar-refractivity contribution in [1.82, 2.24) is 14.9 Å². The molecule has 0 unspecified atom stereocenters. The Morgan fingerprint density at radius 2 is 1.96 bits per heavy atom. The van der Waals surface area contributed by atoms with Crippen LogP contribution in [0.5, 0.6) is 0 Å². The molecular formula is C21H26N4OS. The number of likely N-dealkylation sites (tertiary alicyclic amines) is 1. The molecule has 1 aromatic carbocycles. The normalized spacial score (nSPS) is 16.1. The lowest BCUT2D eigenvalue weighted by atomic mass is 10.0. The summed E-state index contributed by atoms with van der Waals surface area (Å²) in [6.07, 6.45) is 4.28. The maximum absolute atomic E-state index is 9.72. The third-order valence-electron chi connectivity index (χ3n) is 5.24. The van der Waals surface area contributed by atoms with Crippen LogP contribution in [0.4, 0.5) is 5.82 Å². The molecule has 6 heteroatoms. The van der Waals surface area contributed by atoms with E-state index < -0.39 is 0 Å². The van der Waals surface area contributed by atoms with E-state index in [4.69, 9.17) is 0 Å². The predicted molar refractivity (Wildman–Crippen MR) is 111 cm³/mol.